The number of carbonyl (C=O) groups is 2. The number of benzene rings is 2. The number of aryl methyl sites for hydroxylation is 1. The standard InChI is InChI=1S/C24H27N3O5S2/c1-3-27-20-13-12-17(23(29)32-4-2)15-21(20)33-24(27)25-22(28)18-9-8-14-26(16-18)34(30,31)19-10-6-5-7-11-19/h5-7,10-13,15,18H,3-4,8-9,14,16H2,1-2H3. The van der Waals surface area contributed by atoms with Crippen LogP contribution in [0.2, 0.25) is 0 Å². The van der Waals surface area contributed by atoms with E-state index < -0.39 is 21.9 Å². The number of hydrogen-bond acceptors (Lipinski definition) is 6. The van der Waals surface area contributed by atoms with Crippen LogP contribution in [0.5, 0.6) is 0 Å². The Morgan fingerprint density at radius 1 is 1.15 bits per heavy atom. The highest BCUT2D eigenvalue weighted by atomic mass is 32.2. The number of nitrogens with zero attached hydrogens (tertiary/aromatic N) is 3. The topological polar surface area (TPSA) is 98.0 Å². The van der Waals surface area contributed by atoms with Crippen molar-refractivity contribution in [1.82, 2.24) is 8.87 Å². The molecule has 2 aromatic carbocycles. The number of thiazole rings is 1. The Bertz CT molecular complexity index is 1380. The SMILES string of the molecule is CCOC(=O)c1ccc2c(c1)sc(=NC(=O)C1CCCN(S(=O)(=O)c3ccccc3)C1)n2CC. The maximum absolute atomic E-state index is 13.1. The Labute approximate surface area is 202 Å². The van der Waals surface area contributed by atoms with Gasteiger partial charge in [-0.3, -0.25) is 4.79 Å². The summed E-state index contributed by atoms with van der Waals surface area (Å²) in [4.78, 5) is 30.4. The number of fused-ring (bicyclic) bond motifs is 1. The number of esters is 1. The van der Waals surface area contributed by atoms with Crippen LogP contribution in [0.4, 0.5) is 0 Å². The van der Waals surface area contributed by atoms with Gasteiger partial charge >= 0.3 is 5.97 Å². The van der Waals surface area contributed by atoms with Crippen molar-refractivity contribution in [1.29, 1.82) is 0 Å². The van der Waals surface area contributed by atoms with Crippen molar-refractivity contribution < 1.29 is 22.7 Å². The minimum absolute atomic E-state index is 0.115. The van der Waals surface area contributed by atoms with Crippen molar-refractivity contribution >= 4 is 43.5 Å². The van der Waals surface area contributed by atoms with E-state index >= 15 is 0 Å². The summed E-state index contributed by atoms with van der Waals surface area (Å²) in [5, 5.41) is 0. The van der Waals surface area contributed by atoms with Crippen LogP contribution in [-0.2, 0) is 26.1 Å². The second-order valence-electron chi connectivity index (χ2n) is 8.00. The molecule has 1 aromatic heterocycles. The lowest BCUT2D eigenvalue weighted by Gasteiger charge is -2.30. The number of rotatable bonds is 6. The number of piperidine rings is 1. The fraction of sp³-hybridized carbons (Fsp3) is 0.375. The molecule has 1 atom stereocenters. The highest BCUT2D eigenvalue weighted by molar-refractivity contribution is 7.89. The van der Waals surface area contributed by atoms with E-state index in [1.54, 1.807) is 49.4 Å². The van der Waals surface area contributed by atoms with Gasteiger partial charge in [0.15, 0.2) is 4.80 Å². The van der Waals surface area contributed by atoms with Crippen LogP contribution < -0.4 is 4.80 Å². The molecular weight excluding hydrogens is 474 g/mol. The normalized spacial score (nSPS) is 17.7. The zero-order valence-corrected chi connectivity index (χ0v) is 20.8. The molecule has 34 heavy (non-hydrogen) atoms. The third kappa shape index (κ3) is 4.84. The van der Waals surface area contributed by atoms with E-state index in [4.69, 9.17) is 4.74 Å². The molecule has 4 rings (SSSR count). The third-order valence-electron chi connectivity index (χ3n) is 5.83. The zero-order valence-electron chi connectivity index (χ0n) is 19.1. The number of sulfonamides is 1. The van der Waals surface area contributed by atoms with Crippen LogP contribution in [-0.4, -0.2) is 48.9 Å². The Morgan fingerprint density at radius 2 is 1.91 bits per heavy atom. The van der Waals surface area contributed by atoms with Gasteiger partial charge in [-0.2, -0.15) is 9.30 Å². The van der Waals surface area contributed by atoms with Gasteiger partial charge in [-0.25, -0.2) is 13.2 Å². The van der Waals surface area contributed by atoms with Gasteiger partial charge in [-0.05, 0) is 57.0 Å². The number of aromatic nitrogens is 1. The summed E-state index contributed by atoms with van der Waals surface area (Å²) in [6.07, 6.45) is 1.19. The second-order valence-corrected chi connectivity index (χ2v) is 10.9. The van der Waals surface area contributed by atoms with Crippen molar-refractivity contribution in [3.63, 3.8) is 0 Å². The minimum Gasteiger partial charge on any atom is -0.462 e. The first-order chi connectivity index (χ1) is 16.3. The molecule has 1 saturated heterocycles. The summed E-state index contributed by atoms with van der Waals surface area (Å²) in [5.41, 5.74) is 1.33. The maximum Gasteiger partial charge on any atom is 0.338 e. The molecule has 1 amide bonds. The van der Waals surface area contributed by atoms with Crippen LogP contribution in [0.1, 0.15) is 37.0 Å². The first kappa shape index (κ1) is 24.3. The van der Waals surface area contributed by atoms with E-state index in [1.165, 1.54) is 15.6 Å². The number of ether oxygens (including phenoxy) is 1. The van der Waals surface area contributed by atoms with Crippen LogP contribution in [0, 0.1) is 5.92 Å². The van der Waals surface area contributed by atoms with Crippen LogP contribution in [0.3, 0.4) is 0 Å². The second kappa shape index (κ2) is 10.2. The van der Waals surface area contributed by atoms with Crippen molar-refractivity contribution in [2.45, 2.75) is 38.1 Å². The smallest absolute Gasteiger partial charge is 0.338 e. The molecule has 1 unspecified atom stereocenters. The molecule has 1 aliphatic rings. The molecule has 0 bridgehead atoms. The number of hydrogen-bond donors (Lipinski definition) is 0. The maximum atomic E-state index is 13.1. The summed E-state index contributed by atoms with van der Waals surface area (Å²) >= 11 is 1.33. The van der Waals surface area contributed by atoms with Crippen LogP contribution in [0.15, 0.2) is 58.4 Å². The molecule has 1 aliphatic heterocycles. The molecule has 8 nitrogen and oxygen atoms in total. The lowest BCUT2D eigenvalue weighted by Crippen LogP contribution is -2.42. The highest BCUT2D eigenvalue weighted by Crippen LogP contribution is 2.25. The summed E-state index contributed by atoms with van der Waals surface area (Å²) in [7, 11) is -3.66. The lowest BCUT2D eigenvalue weighted by atomic mass is 9.99. The molecule has 0 radical (unpaired) electrons. The molecule has 180 valence electrons. The Balaban J connectivity index is 1.61. The van der Waals surface area contributed by atoms with E-state index in [2.05, 4.69) is 4.99 Å². The summed E-state index contributed by atoms with van der Waals surface area (Å²) in [6.45, 7) is 5.11. The van der Waals surface area contributed by atoms with Crippen molar-refractivity contribution in [2.75, 3.05) is 19.7 Å². The fourth-order valence-corrected chi connectivity index (χ4v) is 6.78. The van der Waals surface area contributed by atoms with Gasteiger partial charge in [0.1, 0.15) is 0 Å². The monoisotopic (exact) mass is 501 g/mol. The Morgan fingerprint density at radius 3 is 2.62 bits per heavy atom. The lowest BCUT2D eigenvalue weighted by molar-refractivity contribution is -0.122. The van der Waals surface area contributed by atoms with Crippen LogP contribution in [0.25, 0.3) is 10.2 Å². The van der Waals surface area contributed by atoms with Gasteiger partial charge in [-0.1, -0.05) is 29.5 Å². The Hall–Kier alpha value is -2.82. The Kier molecular flexibility index (Phi) is 7.30. The summed E-state index contributed by atoms with van der Waals surface area (Å²) < 4.78 is 35.2. The zero-order chi connectivity index (χ0) is 24.3. The molecule has 2 heterocycles. The first-order valence-electron chi connectivity index (χ1n) is 11.3. The third-order valence-corrected chi connectivity index (χ3v) is 8.75. The molecule has 0 spiro atoms. The van der Waals surface area contributed by atoms with Gasteiger partial charge in [-0.15, -0.1) is 0 Å². The minimum atomic E-state index is -3.66. The molecule has 0 saturated carbocycles. The summed E-state index contributed by atoms with van der Waals surface area (Å²) in [6, 6.07) is 13.6. The number of amides is 1. The van der Waals surface area contributed by atoms with E-state index in [0.29, 0.717) is 42.9 Å². The molecule has 3 aromatic rings. The predicted molar refractivity (Wildman–Crippen MR) is 130 cm³/mol. The van der Waals surface area contributed by atoms with Gasteiger partial charge in [0.2, 0.25) is 10.0 Å². The van der Waals surface area contributed by atoms with Gasteiger partial charge in [0.25, 0.3) is 5.91 Å². The van der Waals surface area contributed by atoms with Crippen molar-refractivity contribution in [3.05, 3.63) is 58.9 Å². The highest BCUT2D eigenvalue weighted by Gasteiger charge is 2.33. The van der Waals surface area contributed by atoms with E-state index in [1.807, 2.05) is 17.6 Å². The average molecular weight is 502 g/mol. The summed E-state index contributed by atoms with van der Waals surface area (Å²) in [5.74, 6) is -1.22. The molecule has 1 fully saturated rings. The van der Waals surface area contributed by atoms with Crippen LogP contribution >= 0.6 is 11.3 Å². The predicted octanol–water partition coefficient (Wildman–Crippen LogP) is 3.43. The van der Waals surface area contributed by atoms with E-state index in [-0.39, 0.29) is 17.3 Å². The van der Waals surface area contributed by atoms with Crippen molar-refractivity contribution in [2.24, 2.45) is 10.9 Å². The quantitative estimate of drug-likeness (QED) is 0.482. The largest absolute Gasteiger partial charge is 0.462 e. The van der Waals surface area contributed by atoms with Gasteiger partial charge in [0, 0.05) is 19.6 Å². The van der Waals surface area contributed by atoms with Gasteiger partial charge < -0.3 is 9.30 Å². The first-order valence-corrected chi connectivity index (χ1v) is 13.5. The van der Waals surface area contributed by atoms with E-state index in [0.717, 1.165) is 10.2 Å². The molecule has 0 aliphatic carbocycles. The number of carbonyl (C=O) groups excluding carboxylic acids is 2. The molecule has 0 N–H and O–H groups in total. The average Bonchev–Trinajstić information content (AvgIpc) is 3.20. The van der Waals surface area contributed by atoms with Crippen molar-refractivity contribution in [3.8, 4) is 0 Å². The fourth-order valence-electron chi connectivity index (χ4n) is 4.09. The molecule has 10 heteroatoms. The van der Waals surface area contributed by atoms with E-state index in [9.17, 15) is 18.0 Å². The molecular formula is C24H27N3O5S2. The van der Waals surface area contributed by atoms with Gasteiger partial charge in [0.05, 0.1) is 33.2 Å².